The van der Waals surface area contributed by atoms with Gasteiger partial charge in [-0.2, -0.15) is 0 Å². The largest absolute Gasteiger partial charge is 0.388 e. The highest BCUT2D eigenvalue weighted by molar-refractivity contribution is 5.76. The van der Waals surface area contributed by atoms with E-state index in [1.54, 1.807) is 11.9 Å². The second-order valence-corrected chi connectivity index (χ2v) is 7.41. The summed E-state index contributed by atoms with van der Waals surface area (Å²) in [4.78, 5) is 13.8. The first-order valence-electron chi connectivity index (χ1n) is 7.33. The van der Waals surface area contributed by atoms with E-state index in [2.05, 4.69) is 20.8 Å². The standard InChI is InChI=1S/C15H30N2O2/c1-14(2,3)10-12(16)9-13(18)17(4)11-15(19)7-5-6-8-15/h12,19H,5-11,16H2,1-4H3. The molecule has 0 heterocycles. The molecule has 0 bridgehead atoms. The number of hydrogen-bond donors (Lipinski definition) is 2. The van der Waals surface area contributed by atoms with Crippen molar-refractivity contribution >= 4 is 5.91 Å². The lowest BCUT2D eigenvalue weighted by Crippen LogP contribution is -2.43. The lowest BCUT2D eigenvalue weighted by atomic mass is 9.87. The van der Waals surface area contributed by atoms with Crippen molar-refractivity contribution in [3.05, 3.63) is 0 Å². The fourth-order valence-corrected chi connectivity index (χ4v) is 2.96. The van der Waals surface area contributed by atoms with Crippen molar-refractivity contribution in [2.45, 2.75) is 70.9 Å². The van der Waals surface area contributed by atoms with Gasteiger partial charge in [0.25, 0.3) is 0 Å². The monoisotopic (exact) mass is 270 g/mol. The molecular weight excluding hydrogens is 240 g/mol. The van der Waals surface area contributed by atoms with Crippen LogP contribution in [0.25, 0.3) is 0 Å². The molecule has 1 saturated carbocycles. The Bertz CT molecular complexity index is 304. The first-order valence-corrected chi connectivity index (χ1v) is 7.33. The van der Waals surface area contributed by atoms with E-state index < -0.39 is 5.60 Å². The first-order chi connectivity index (χ1) is 8.61. The van der Waals surface area contributed by atoms with Crippen molar-refractivity contribution in [1.29, 1.82) is 0 Å². The van der Waals surface area contributed by atoms with Crippen LogP contribution < -0.4 is 5.73 Å². The molecule has 0 saturated heterocycles. The van der Waals surface area contributed by atoms with Gasteiger partial charge in [-0.1, -0.05) is 33.6 Å². The van der Waals surface area contributed by atoms with Crippen LogP contribution in [-0.2, 0) is 4.79 Å². The van der Waals surface area contributed by atoms with Gasteiger partial charge >= 0.3 is 0 Å². The van der Waals surface area contributed by atoms with Crippen molar-refractivity contribution in [3.8, 4) is 0 Å². The maximum atomic E-state index is 12.1. The van der Waals surface area contributed by atoms with Crippen molar-refractivity contribution < 1.29 is 9.90 Å². The van der Waals surface area contributed by atoms with Gasteiger partial charge in [0.05, 0.1) is 5.60 Å². The molecule has 0 aliphatic heterocycles. The van der Waals surface area contributed by atoms with Crippen LogP contribution in [0.1, 0.15) is 59.3 Å². The summed E-state index contributed by atoms with van der Waals surface area (Å²) in [6, 6.07) is -0.104. The minimum absolute atomic E-state index is 0.0390. The lowest BCUT2D eigenvalue weighted by Gasteiger charge is -2.30. The Balaban J connectivity index is 2.40. The van der Waals surface area contributed by atoms with Gasteiger partial charge in [0.15, 0.2) is 0 Å². The predicted molar refractivity (Wildman–Crippen MR) is 77.7 cm³/mol. The van der Waals surface area contributed by atoms with Gasteiger partial charge in [-0.05, 0) is 24.7 Å². The quantitative estimate of drug-likeness (QED) is 0.802. The number of aliphatic hydroxyl groups is 1. The summed E-state index contributed by atoms with van der Waals surface area (Å²) in [7, 11) is 1.77. The second kappa shape index (κ2) is 6.23. The third kappa shape index (κ3) is 5.91. The number of nitrogens with zero attached hydrogens (tertiary/aromatic N) is 1. The number of nitrogens with two attached hydrogens (primary N) is 1. The van der Waals surface area contributed by atoms with E-state index in [0.717, 1.165) is 32.1 Å². The second-order valence-electron chi connectivity index (χ2n) is 7.41. The van der Waals surface area contributed by atoms with E-state index in [1.807, 2.05) is 0 Å². The van der Waals surface area contributed by atoms with Gasteiger partial charge in [-0.15, -0.1) is 0 Å². The number of carbonyl (C=O) groups is 1. The Hall–Kier alpha value is -0.610. The minimum Gasteiger partial charge on any atom is -0.388 e. The average Bonchev–Trinajstić information content (AvgIpc) is 2.61. The lowest BCUT2D eigenvalue weighted by molar-refractivity contribution is -0.133. The Morgan fingerprint density at radius 3 is 2.37 bits per heavy atom. The van der Waals surface area contributed by atoms with Crippen molar-refractivity contribution in [2.75, 3.05) is 13.6 Å². The maximum Gasteiger partial charge on any atom is 0.223 e. The molecular formula is C15H30N2O2. The molecule has 3 N–H and O–H groups in total. The molecule has 0 spiro atoms. The molecule has 1 rings (SSSR count). The Kier molecular flexibility index (Phi) is 5.39. The molecule has 1 fully saturated rings. The Morgan fingerprint density at radius 2 is 1.89 bits per heavy atom. The normalized spacial score (nSPS) is 20.3. The summed E-state index contributed by atoms with van der Waals surface area (Å²) >= 11 is 0. The average molecular weight is 270 g/mol. The predicted octanol–water partition coefficient (Wildman–Crippen LogP) is 1.90. The molecule has 1 aliphatic carbocycles. The first kappa shape index (κ1) is 16.4. The van der Waals surface area contributed by atoms with E-state index in [4.69, 9.17) is 5.73 Å². The zero-order valence-electron chi connectivity index (χ0n) is 12.9. The molecule has 19 heavy (non-hydrogen) atoms. The number of likely N-dealkylation sites (N-methyl/N-ethyl adjacent to an activating group) is 1. The van der Waals surface area contributed by atoms with Gasteiger partial charge in [-0.3, -0.25) is 4.79 Å². The highest BCUT2D eigenvalue weighted by Crippen LogP contribution is 2.30. The summed E-state index contributed by atoms with van der Waals surface area (Å²) in [5.74, 6) is 0.0390. The van der Waals surface area contributed by atoms with E-state index in [9.17, 15) is 9.90 Å². The summed E-state index contributed by atoms with van der Waals surface area (Å²) < 4.78 is 0. The number of hydrogen-bond acceptors (Lipinski definition) is 3. The fraction of sp³-hybridized carbons (Fsp3) is 0.933. The van der Waals surface area contributed by atoms with Crippen LogP contribution in [0.2, 0.25) is 0 Å². The van der Waals surface area contributed by atoms with Crippen molar-refractivity contribution in [1.82, 2.24) is 4.90 Å². The van der Waals surface area contributed by atoms with Crippen LogP contribution in [0.4, 0.5) is 0 Å². The van der Waals surface area contributed by atoms with E-state index in [0.29, 0.717) is 13.0 Å². The molecule has 4 nitrogen and oxygen atoms in total. The Morgan fingerprint density at radius 1 is 1.37 bits per heavy atom. The minimum atomic E-state index is -0.668. The molecule has 4 heteroatoms. The molecule has 1 amide bonds. The fourth-order valence-electron chi connectivity index (χ4n) is 2.96. The van der Waals surface area contributed by atoms with E-state index in [1.165, 1.54) is 0 Å². The van der Waals surface area contributed by atoms with E-state index in [-0.39, 0.29) is 17.4 Å². The zero-order chi connectivity index (χ0) is 14.7. The highest BCUT2D eigenvalue weighted by Gasteiger charge is 2.33. The third-order valence-corrected chi connectivity index (χ3v) is 3.80. The number of carbonyl (C=O) groups excluding carboxylic acids is 1. The summed E-state index contributed by atoms with van der Waals surface area (Å²) in [5, 5.41) is 10.3. The third-order valence-electron chi connectivity index (χ3n) is 3.80. The van der Waals surface area contributed by atoms with Crippen molar-refractivity contribution in [3.63, 3.8) is 0 Å². The number of rotatable bonds is 5. The molecule has 0 aromatic heterocycles. The van der Waals surface area contributed by atoms with Crippen LogP contribution in [-0.4, -0.2) is 41.1 Å². The van der Waals surface area contributed by atoms with Gasteiger partial charge in [0, 0.05) is 26.1 Å². The summed E-state index contributed by atoms with van der Waals surface area (Å²) in [6.07, 6.45) is 4.92. The SMILES string of the molecule is CN(CC1(O)CCCC1)C(=O)CC(N)CC(C)(C)C. The summed E-state index contributed by atoms with van der Waals surface area (Å²) in [5.41, 5.74) is 5.50. The van der Waals surface area contributed by atoms with Gasteiger partial charge in [0.2, 0.25) is 5.91 Å². The van der Waals surface area contributed by atoms with Crippen LogP contribution in [0.5, 0.6) is 0 Å². The van der Waals surface area contributed by atoms with Gasteiger partial charge < -0.3 is 15.7 Å². The highest BCUT2D eigenvalue weighted by atomic mass is 16.3. The van der Waals surface area contributed by atoms with Gasteiger partial charge in [-0.25, -0.2) is 0 Å². The van der Waals surface area contributed by atoms with Crippen LogP contribution in [0.3, 0.4) is 0 Å². The van der Waals surface area contributed by atoms with Crippen LogP contribution in [0.15, 0.2) is 0 Å². The Labute approximate surface area is 117 Å². The maximum absolute atomic E-state index is 12.1. The zero-order valence-corrected chi connectivity index (χ0v) is 12.9. The summed E-state index contributed by atoms with van der Waals surface area (Å²) in [6.45, 7) is 6.82. The molecule has 0 aromatic carbocycles. The van der Waals surface area contributed by atoms with Crippen LogP contribution >= 0.6 is 0 Å². The smallest absolute Gasteiger partial charge is 0.223 e. The van der Waals surface area contributed by atoms with E-state index >= 15 is 0 Å². The van der Waals surface area contributed by atoms with Crippen molar-refractivity contribution in [2.24, 2.45) is 11.1 Å². The molecule has 0 aromatic rings. The molecule has 1 unspecified atom stereocenters. The molecule has 1 atom stereocenters. The number of amides is 1. The molecule has 1 aliphatic rings. The van der Waals surface area contributed by atoms with Gasteiger partial charge in [0.1, 0.15) is 0 Å². The van der Waals surface area contributed by atoms with Crippen LogP contribution in [0, 0.1) is 5.41 Å². The topological polar surface area (TPSA) is 66.6 Å². The molecule has 112 valence electrons. The molecule has 0 radical (unpaired) electrons.